The minimum Gasteiger partial charge on any atom is -0.496 e. The number of nitrogens with zero attached hydrogens (tertiary/aromatic N) is 2. The van der Waals surface area contributed by atoms with Gasteiger partial charge in [-0.3, -0.25) is 4.79 Å². The van der Waals surface area contributed by atoms with E-state index in [1.807, 2.05) is 66.4 Å². The van der Waals surface area contributed by atoms with E-state index in [0.717, 1.165) is 16.8 Å². The fraction of sp³-hybridized carbons (Fsp3) is 0.158. The third-order valence-corrected chi connectivity index (χ3v) is 4.50. The first-order valence-corrected chi connectivity index (χ1v) is 8.14. The van der Waals surface area contributed by atoms with Crippen molar-refractivity contribution in [2.24, 2.45) is 0 Å². The van der Waals surface area contributed by atoms with Crippen LogP contribution < -0.4 is 15.0 Å². The fourth-order valence-corrected chi connectivity index (χ4v) is 3.17. The first-order chi connectivity index (χ1) is 12.1. The SMILES string of the molecule is COc1ccccc1C1NC(=O)C(C#N)=C(S)N1c1ccc(C)cc1. The standard InChI is InChI=1S/C19H17N3O2S/c1-12-7-9-13(10-8-12)22-17(14-5-3-4-6-16(14)24-2)21-18(23)15(11-20)19(22)25/h3-10,17,25H,1-2H3,(H,21,23). The smallest absolute Gasteiger partial charge is 0.266 e. The molecule has 1 aliphatic rings. The van der Waals surface area contributed by atoms with Crippen molar-refractivity contribution in [1.82, 2.24) is 5.32 Å². The Labute approximate surface area is 151 Å². The van der Waals surface area contributed by atoms with E-state index in [-0.39, 0.29) is 5.57 Å². The van der Waals surface area contributed by atoms with Crippen molar-refractivity contribution >= 4 is 24.2 Å². The molecule has 3 rings (SSSR count). The highest BCUT2D eigenvalue weighted by Gasteiger charge is 2.35. The van der Waals surface area contributed by atoms with Gasteiger partial charge in [0.15, 0.2) is 0 Å². The van der Waals surface area contributed by atoms with Gasteiger partial charge in [-0.25, -0.2) is 0 Å². The molecule has 2 aromatic carbocycles. The van der Waals surface area contributed by atoms with Crippen molar-refractivity contribution < 1.29 is 9.53 Å². The number of nitriles is 1. The van der Waals surface area contributed by atoms with Gasteiger partial charge in [0, 0.05) is 11.3 Å². The van der Waals surface area contributed by atoms with Crippen LogP contribution in [-0.4, -0.2) is 13.0 Å². The average Bonchev–Trinajstić information content (AvgIpc) is 2.62. The zero-order valence-corrected chi connectivity index (χ0v) is 14.7. The van der Waals surface area contributed by atoms with Crippen LogP contribution in [0.15, 0.2) is 59.1 Å². The Balaban J connectivity index is 2.19. The molecule has 1 amide bonds. The van der Waals surface area contributed by atoms with Crippen molar-refractivity contribution in [3.63, 3.8) is 0 Å². The lowest BCUT2D eigenvalue weighted by Gasteiger charge is -2.38. The summed E-state index contributed by atoms with van der Waals surface area (Å²) in [6.45, 7) is 2.00. The third-order valence-electron chi connectivity index (χ3n) is 4.06. The Morgan fingerprint density at radius 1 is 1.20 bits per heavy atom. The van der Waals surface area contributed by atoms with Gasteiger partial charge in [-0.2, -0.15) is 5.26 Å². The molecule has 126 valence electrons. The molecule has 0 aliphatic carbocycles. The van der Waals surface area contributed by atoms with Crippen LogP contribution in [-0.2, 0) is 4.79 Å². The van der Waals surface area contributed by atoms with E-state index in [4.69, 9.17) is 4.74 Å². The summed E-state index contributed by atoms with van der Waals surface area (Å²) in [6, 6.07) is 17.2. The fourth-order valence-electron chi connectivity index (χ4n) is 2.79. The van der Waals surface area contributed by atoms with Crippen LogP contribution in [0.2, 0.25) is 0 Å². The highest BCUT2D eigenvalue weighted by molar-refractivity contribution is 7.84. The number of methoxy groups -OCH3 is 1. The molecule has 0 aromatic heterocycles. The molecule has 0 bridgehead atoms. The summed E-state index contributed by atoms with van der Waals surface area (Å²) in [5.74, 6) is 0.193. The highest BCUT2D eigenvalue weighted by Crippen LogP contribution is 2.38. The molecule has 1 atom stereocenters. The monoisotopic (exact) mass is 351 g/mol. The number of hydrogen-bond acceptors (Lipinski definition) is 5. The predicted molar refractivity (Wildman–Crippen MR) is 99.2 cm³/mol. The number of carbonyl (C=O) groups excluding carboxylic acids is 1. The van der Waals surface area contributed by atoms with Gasteiger partial charge in [-0.05, 0) is 25.1 Å². The van der Waals surface area contributed by atoms with Crippen LogP contribution in [0.5, 0.6) is 5.75 Å². The minimum absolute atomic E-state index is 0.0185. The number of hydrogen-bond donors (Lipinski definition) is 2. The molecule has 0 spiro atoms. The average molecular weight is 351 g/mol. The second kappa shape index (κ2) is 6.91. The summed E-state index contributed by atoms with van der Waals surface area (Å²) in [7, 11) is 1.58. The summed E-state index contributed by atoms with van der Waals surface area (Å²) in [5, 5.41) is 12.5. The Kier molecular flexibility index (Phi) is 4.68. The molecular formula is C19H17N3O2S. The molecule has 1 unspecified atom stereocenters. The molecule has 0 radical (unpaired) electrons. The second-order valence-corrected chi connectivity index (χ2v) is 6.06. The summed E-state index contributed by atoms with van der Waals surface area (Å²) in [6.07, 6.45) is -0.532. The van der Waals surface area contributed by atoms with Crippen LogP contribution in [0.4, 0.5) is 5.69 Å². The van der Waals surface area contributed by atoms with E-state index in [1.54, 1.807) is 7.11 Å². The quantitative estimate of drug-likeness (QED) is 0.833. The first kappa shape index (κ1) is 16.9. The number of thiol groups is 1. The number of ether oxygens (including phenoxy) is 1. The maximum Gasteiger partial charge on any atom is 0.266 e. The van der Waals surface area contributed by atoms with Gasteiger partial charge in [-0.1, -0.05) is 35.9 Å². The summed E-state index contributed by atoms with van der Waals surface area (Å²) >= 11 is 4.48. The number of carbonyl (C=O) groups is 1. The maximum absolute atomic E-state index is 12.3. The predicted octanol–water partition coefficient (Wildman–Crippen LogP) is 3.30. The Morgan fingerprint density at radius 2 is 1.88 bits per heavy atom. The lowest BCUT2D eigenvalue weighted by atomic mass is 10.1. The molecule has 25 heavy (non-hydrogen) atoms. The molecule has 1 N–H and O–H groups in total. The molecule has 0 fully saturated rings. The molecule has 1 heterocycles. The maximum atomic E-state index is 12.3. The number of nitrogens with one attached hydrogen (secondary N) is 1. The number of para-hydroxylation sites is 1. The van der Waals surface area contributed by atoms with Crippen LogP contribution in [0.1, 0.15) is 17.3 Å². The Bertz CT molecular complexity index is 884. The van der Waals surface area contributed by atoms with E-state index in [2.05, 4.69) is 17.9 Å². The molecule has 0 saturated carbocycles. The van der Waals surface area contributed by atoms with Gasteiger partial charge in [0.1, 0.15) is 23.6 Å². The van der Waals surface area contributed by atoms with Gasteiger partial charge >= 0.3 is 0 Å². The number of anilines is 1. The van der Waals surface area contributed by atoms with Crippen molar-refractivity contribution in [2.75, 3.05) is 12.0 Å². The van der Waals surface area contributed by atoms with E-state index >= 15 is 0 Å². The number of aryl methyl sites for hydroxylation is 1. The summed E-state index contributed by atoms with van der Waals surface area (Å²) in [4.78, 5) is 14.2. The number of rotatable bonds is 3. The summed E-state index contributed by atoms with van der Waals surface area (Å²) in [5.41, 5.74) is 2.70. The van der Waals surface area contributed by atoms with Gasteiger partial charge in [0.05, 0.1) is 12.1 Å². The molecule has 6 heteroatoms. The Hall–Kier alpha value is -2.91. The lowest BCUT2D eigenvalue weighted by molar-refractivity contribution is -0.118. The minimum atomic E-state index is -0.532. The van der Waals surface area contributed by atoms with E-state index in [0.29, 0.717) is 10.8 Å². The van der Waals surface area contributed by atoms with Gasteiger partial charge in [-0.15, -0.1) is 12.6 Å². The highest BCUT2D eigenvalue weighted by atomic mass is 32.1. The second-order valence-electron chi connectivity index (χ2n) is 5.63. The van der Waals surface area contributed by atoms with Crippen molar-refractivity contribution in [1.29, 1.82) is 5.26 Å². The Morgan fingerprint density at radius 3 is 2.52 bits per heavy atom. The first-order valence-electron chi connectivity index (χ1n) is 7.70. The van der Waals surface area contributed by atoms with Crippen molar-refractivity contribution in [3.05, 3.63) is 70.3 Å². The van der Waals surface area contributed by atoms with E-state index in [9.17, 15) is 10.1 Å². The van der Waals surface area contributed by atoms with Gasteiger partial charge in [0.25, 0.3) is 5.91 Å². The summed E-state index contributed by atoms with van der Waals surface area (Å²) < 4.78 is 5.44. The molecule has 2 aromatic rings. The zero-order chi connectivity index (χ0) is 18.0. The van der Waals surface area contributed by atoms with Crippen molar-refractivity contribution in [2.45, 2.75) is 13.1 Å². The lowest BCUT2D eigenvalue weighted by Crippen LogP contribution is -2.46. The third kappa shape index (κ3) is 3.06. The molecule has 5 nitrogen and oxygen atoms in total. The number of amides is 1. The van der Waals surface area contributed by atoms with Gasteiger partial charge < -0.3 is 15.0 Å². The molecule has 0 saturated heterocycles. The van der Waals surface area contributed by atoms with Crippen molar-refractivity contribution in [3.8, 4) is 11.8 Å². The largest absolute Gasteiger partial charge is 0.496 e. The van der Waals surface area contributed by atoms with Crippen LogP contribution in [0, 0.1) is 18.3 Å². The molecular weight excluding hydrogens is 334 g/mol. The topological polar surface area (TPSA) is 65.4 Å². The van der Waals surface area contributed by atoms with Crippen LogP contribution >= 0.6 is 12.6 Å². The zero-order valence-electron chi connectivity index (χ0n) is 13.9. The normalized spacial score (nSPS) is 17.1. The van der Waals surface area contributed by atoms with E-state index in [1.165, 1.54) is 0 Å². The molecule has 1 aliphatic heterocycles. The number of benzene rings is 2. The van der Waals surface area contributed by atoms with E-state index < -0.39 is 12.1 Å². The van der Waals surface area contributed by atoms with Gasteiger partial charge in [0.2, 0.25) is 0 Å². The van der Waals surface area contributed by atoms with Crippen LogP contribution in [0.25, 0.3) is 0 Å². The van der Waals surface area contributed by atoms with Crippen LogP contribution in [0.3, 0.4) is 0 Å².